The van der Waals surface area contributed by atoms with E-state index in [2.05, 4.69) is 10.2 Å². The Kier molecular flexibility index (Phi) is 5.85. The molecule has 4 rings (SSSR count). The zero-order valence-electron chi connectivity index (χ0n) is 17.0. The topological polar surface area (TPSA) is 73.0 Å². The van der Waals surface area contributed by atoms with Gasteiger partial charge >= 0.3 is 0 Å². The second-order valence-corrected chi connectivity index (χ2v) is 8.48. The molecule has 1 N–H and O–H groups in total. The maximum atomic E-state index is 13.0. The van der Waals surface area contributed by atoms with Gasteiger partial charge in [0.05, 0.1) is 18.5 Å². The van der Waals surface area contributed by atoms with Gasteiger partial charge in [-0.05, 0) is 25.3 Å². The molecule has 1 aliphatic carbocycles. The second kappa shape index (κ2) is 8.53. The van der Waals surface area contributed by atoms with Crippen molar-refractivity contribution >= 4 is 17.7 Å². The van der Waals surface area contributed by atoms with E-state index in [1.165, 1.54) is 0 Å². The monoisotopic (exact) mass is 398 g/mol. The van der Waals surface area contributed by atoms with Gasteiger partial charge in [-0.25, -0.2) is 0 Å². The number of amides is 3. The van der Waals surface area contributed by atoms with Crippen LogP contribution >= 0.6 is 0 Å². The number of hydrogen-bond acceptors (Lipinski definition) is 4. The predicted molar refractivity (Wildman–Crippen MR) is 109 cm³/mol. The van der Waals surface area contributed by atoms with Crippen molar-refractivity contribution in [1.29, 1.82) is 0 Å². The number of carbonyl (C=O) groups is 3. The lowest BCUT2D eigenvalue weighted by Crippen LogP contribution is -2.52. The van der Waals surface area contributed by atoms with E-state index in [-0.39, 0.29) is 29.7 Å². The number of rotatable bonds is 6. The summed E-state index contributed by atoms with van der Waals surface area (Å²) in [7, 11) is 0. The van der Waals surface area contributed by atoms with E-state index < -0.39 is 0 Å². The van der Waals surface area contributed by atoms with Gasteiger partial charge in [0.15, 0.2) is 0 Å². The van der Waals surface area contributed by atoms with E-state index >= 15 is 0 Å². The summed E-state index contributed by atoms with van der Waals surface area (Å²) in [6, 6.07) is 10.3. The third-order valence-electron chi connectivity index (χ3n) is 6.25. The number of carbonyl (C=O) groups excluding carboxylic acids is 3. The Labute approximate surface area is 172 Å². The minimum absolute atomic E-state index is 0.0247. The molecule has 156 valence electrons. The lowest BCUT2D eigenvalue weighted by molar-refractivity contribution is -0.137. The van der Waals surface area contributed by atoms with Crippen molar-refractivity contribution in [2.24, 2.45) is 5.92 Å². The summed E-state index contributed by atoms with van der Waals surface area (Å²) in [6.07, 6.45) is 2.47. The maximum Gasteiger partial charge on any atom is 0.234 e. The van der Waals surface area contributed by atoms with E-state index in [1.807, 2.05) is 47.1 Å². The highest BCUT2D eigenvalue weighted by molar-refractivity contribution is 5.89. The molecule has 29 heavy (non-hydrogen) atoms. The van der Waals surface area contributed by atoms with Crippen molar-refractivity contribution in [3.63, 3.8) is 0 Å². The number of benzene rings is 1. The molecule has 7 heteroatoms. The van der Waals surface area contributed by atoms with E-state index in [0.29, 0.717) is 51.7 Å². The van der Waals surface area contributed by atoms with Crippen LogP contribution in [0, 0.1) is 5.92 Å². The van der Waals surface area contributed by atoms with Gasteiger partial charge in [0.25, 0.3) is 0 Å². The summed E-state index contributed by atoms with van der Waals surface area (Å²) >= 11 is 0. The lowest BCUT2D eigenvalue weighted by atomic mass is 10.1. The highest BCUT2D eigenvalue weighted by Gasteiger charge is 2.39. The van der Waals surface area contributed by atoms with Gasteiger partial charge in [0.2, 0.25) is 17.7 Å². The Morgan fingerprint density at radius 1 is 1.10 bits per heavy atom. The first kappa shape index (κ1) is 19.9. The quantitative estimate of drug-likeness (QED) is 0.777. The number of nitrogens with one attached hydrogen (secondary N) is 1. The fourth-order valence-electron chi connectivity index (χ4n) is 4.27. The average Bonchev–Trinajstić information content (AvgIpc) is 3.46. The number of nitrogens with zero attached hydrogens (tertiary/aromatic N) is 3. The first-order chi connectivity index (χ1) is 14.0. The molecule has 3 fully saturated rings. The molecule has 0 radical (unpaired) electrons. The van der Waals surface area contributed by atoms with Crippen molar-refractivity contribution < 1.29 is 14.4 Å². The predicted octanol–water partition coefficient (Wildman–Crippen LogP) is 1.02. The third-order valence-corrected chi connectivity index (χ3v) is 6.25. The highest BCUT2D eigenvalue weighted by atomic mass is 16.2. The molecule has 0 aromatic heterocycles. The van der Waals surface area contributed by atoms with Crippen molar-refractivity contribution in [3.05, 3.63) is 35.9 Å². The molecule has 2 saturated heterocycles. The Balaban J connectivity index is 1.27. The smallest absolute Gasteiger partial charge is 0.234 e. The summed E-state index contributed by atoms with van der Waals surface area (Å²) in [5.41, 5.74) is 1.09. The first-order valence-corrected chi connectivity index (χ1v) is 10.7. The van der Waals surface area contributed by atoms with Gasteiger partial charge in [-0.3, -0.25) is 19.3 Å². The molecular formula is C22H30N4O3. The average molecular weight is 399 g/mol. The van der Waals surface area contributed by atoms with Crippen LogP contribution in [0.5, 0.6) is 0 Å². The number of piperazine rings is 1. The SMILES string of the molecule is C[C@@H](c1ccccc1)N1C[C@H](C(=O)N2CCN(CC(=O)NC3CC3)CC2)CC1=O. The summed E-state index contributed by atoms with van der Waals surface area (Å²) in [6.45, 7) is 5.55. The van der Waals surface area contributed by atoms with Gasteiger partial charge in [0.1, 0.15) is 0 Å². The van der Waals surface area contributed by atoms with Crippen molar-refractivity contribution in [2.45, 2.75) is 38.3 Å². The van der Waals surface area contributed by atoms with Crippen molar-refractivity contribution in [2.75, 3.05) is 39.3 Å². The molecule has 3 amide bonds. The molecule has 2 aliphatic heterocycles. The summed E-state index contributed by atoms with van der Waals surface area (Å²) in [4.78, 5) is 43.3. The zero-order valence-corrected chi connectivity index (χ0v) is 17.0. The van der Waals surface area contributed by atoms with E-state index in [1.54, 1.807) is 0 Å². The summed E-state index contributed by atoms with van der Waals surface area (Å²) in [5.74, 6) is -0.0594. The molecular weight excluding hydrogens is 368 g/mol. The van der Waals surface area contributed by atoms with Crippen molar-refractivity contribution in [1.82, 2.24) is 20.0 Å². The van der Waals surface area contributed by atoms with Crippen LogP contribution in [0.1, 0.15) is 37.8 Å². The fourth-order valence-corrected chi connectivity index (χ4v) is 4.27. The van der Waals surface area contributed by atoms with Gasteiger partial charge in [-0.15, -0.1) is 0 Å². The largest absolute Gasteiger partial charge is 0.352 e. The van der Waals surface area contributed by atoms with Crippen LogP contribution in [0.15, 0.2) is 30.3 Å². The minimum atomic E-state index is -0.265. The van der Waals surface area contributed by atoms with Crippen LogP contribution < -0.4 is 5.32 Å². The fraction of sp³-hybridized carbons (Fsp3) is 0.591. The minimum Gasteiger partial charge on any atom is -0.352 e. The molecule has 7 nitrogen and oxygen atoms in total. The summed E-state index contributed by atoms with van der Waals surface area (Å²) in [5, 5.41) is 3.01. The van der Waals surface area contributed by atoms with Crippen LogP contribution in [0.3, 0.4) is 0 Å². The Morgan fingerprint density at radius 2 is 1.79 bits per heavy atom. The van der Waals surface area contributed by atoms with E-state index in [4.69, 9.17) is 0 Å². The van der Waals surface area contributed by atoms with Gasteiger partial charge in [-0.2, -0.15) is 0 Å². The molecule has 2 atom stereocenters. The third kappa shape index (κ3) is 4.78. The Hall–Kier alpha value is -2.41. The highest BCUT2D eigenvalue weighted by Crippen LogP contribution is 2.29. The Morgan fingerprint density at radius 3 is 2.45 bits per heavy atom. The van der Waals surface area contributed by atoms with Gasteiger partial charge < -0.3 is 15.1 Å². The molecule has 0 spiro atoms. The normalized spacial score (nSPS) is 23.9. The van der Waals surface area contributed by atoms with E-state index in [0.717, 1.165) is 18.4 Å². The molecule has 3 aliphatic rings. The zero-order chi connectivity index (χ0) is 20.4. The maximum absolute atomic E-state index is 13.0. The Bertz CT molecular complexity index is 757. The van der Waals surface area contributed by atoms with Crippen LogP contribution in [0.25, 0.3) is 0 Å². The summed E-state index contributed by atoms with van der Waals surface area (Å²) < 4.78 is 0. The lowest BCUT2D eigenvalue weighted by Gasteiger charge is -2.35. The first-order valence-electron chi connectivity index (χ1n) is 10.7. The second-order valence-electron chi connectivity index (χ2n) is 8.48. The number of likely N-dealkylation sites (tertiary alicyclic amines) is 1. The van der Waals surface area contributed by atoms with Crippen LogP contribution in [0.2, 0.25) is 0 Å². The number of hydrogen-bond donors (Lipinski definition) is 1. The van der Waals surface area contributed by atoms with Crippen LogP contribution in [0.4, 0.5) is 0 Å². The van der Waals surface area contributed by atoms with Crippen molar-refractivity contribution in [3.8, 4) is 0 Å². The molecule has 1 saturated carbocycles. The molecule has 1 aromatic carbocycles. The standard InChI is InChI=1S/C22H30N4O3/c1-16(17-5-3-2-4-6-17)26-14-18(13-21(26)28)22(29)25-11-9-24(10-12-25)15-20(27)23-19-7-8-19/h2-6,16,18-19H,7-15H2,1H3,(H,23,27)/t16-,18+/m0/s1. The van der Waals surface area contributed by atoms with E-state index in [9.17, 15) is 14.4 Å². The molecule has 0 unspecified atom stereocenters. The van der Waals surface area contributed by atoms with Gasteiger partial charge in [0, 0.05) is 45.2 Å². The molecule has 2 heterocycles. The van der Waals surface area contributed by atoms with Crippen LogP contribution in [-0.2, 0) is 14.4 Å². The van der Waals surface area contributed by atoms with Crippen LogP contribution in [-0.4, -0.2) is 77.7 Å². The van der Waals surface area contributed by atoms with Gasteiger partial charge in [-0.1, -0.05) is 30.3 Å². The molecule has 1 aromatic rings. The molecule has 0 bridgehead atoms.